The molecular weight excluding hydrogens is 260 g/mol. The lowest BCUT2D eigenvalue weighted by molar-refractivity contribution is 0.689. The molecule has 1 N–H and O–H groups in total. The molecule has 0 bridgehead atoms. The molecule has 1 heterocycles. The first-order valence-electron chi connectivity index (χ1n) is 6.09. The number of nitrogens with zero attached hydrogens (tertiary/aromatic N) is 1. The molecule has 0 saturated heterocycles. The monoisotopic (exact) mass is 278 g/mol. The summed E-state index contributed by atoms with van der Waals surface area (Å²) < 4.78 is 0. The maximum absolute atomic E-state index is 4.40. The van der Waals surface area contributed by atoms with Gasteiger partial charge in [-0.25, -0.2) is 4.98 Å². The molecule has 0 saturated carbocycles. The Balaban J connectivity index is 1.80. The van der Waals surface area contributed by atoms with Gasteiger partial charge in [0.05, 0.1) is 0 Å². The average molecular weight is 278 g/mol. The SMILES string of the molecule is CCc1cnc(CNCc2ccc(SC)cc2)s1. The van der Waals surface area contributed by atoms with Crippen LogP contribution < -0.4 is 5.32 Å². The van der Waals surface area contributed by atoms with Crippen molar-refractivity contribution in [1.82, 2.24) is 10.3 Å². The van der Waals surface area contributed by atoms with E-state index in [1.54, 1.807) is 23.1 Å². The van der Waals surface area contributed by atoms with E-state index in [1.807, 2.05) is 6.20 Å². The van der Waals surface area contributed by atoms with E-state index in [0.717, 1.165) is 19.5 Å². The van der Waals surface area contributed by atoms with Crippen LogP contribution in [0.4, 0.5) is 0 Å². The van der Waals surface area contributed by atoms with E-state index in [9.17, 15) is 0 Å². The van der Waals surface area contributed by atoms with Gasteiger partial charge in [0.15, 0.2) is 0 Å². The number of thiazole rings is 1. The lowest BCUT2D eigenvalue weighted by Gasteiger charge is -2.03. The molecule has 96 valence electrons. The van der Waals surface area contributed by atoms with Crippen molar-refractivity contribution in [3.05, 3.63) is 45.9 Å². The molecule has 0 atom stereocenters. The number of aromatic nitrogens is 1. The Labute approximate surface area is 117 Å². The fraction of sp³-hybridized carbons (Fsp3) is 0.357. The van der Waals surface area contributed by atoms with Crippen LogP contribution in [0.25, 0.3) is 0 Å². The molecule has 0 aliphatic carbocycles. The van der Waals surface area contributed by atoms with E-state index in [1.165, 1.54) is 20.3 Å². The van der Waals surface area contributed by atoms with Crippen LogP contribution in [0.15, 0.2) is 35.4 Å². The van der Waals surface area contributed by atoms with Gasteiger partial charge >= 0.3 is 0 Å². The third-order valence-corrected chi connectivity index (χ3v) is 4.60. The van der Waals surface area contributed by atoms with Crippen LogP contribution in [0, 0.1) is 0 Å². The molecular formula is C14H18N2S2. The van der Waals surface area contributed by atoms with Gasteiger partial charge in [-0.05, 0) is 30.4 Å². The van der Waals surface area contributed by atoms with Crippen LogP contribution in [0.3, 0.4) is 0 Å². The largest absolute Gasteiger partial charge is 0.306 e. The van der Waals surface area contributed by atoms with Crippen LogP contribution in [0.5, 0.6) is 0 Å². The van der Waals surface area contributed by atoms with Gasteiger partial charge in [0, 0.05) is 29.1 Å². The number of hydrogen-bond donors (Lipinski definition) is 1. The van der Waals surface area contributed by atoms with Crippen molar-refractivity contribution < 1.29 is 0 Å². The van der Waals surface area contributed by atoms with Crippen molar-refractivity contribution in [2.75, 3.05) is 6.26 Å². The standard InChI is InChI=1S/C14H18N2S2/c1-3-12-9-16-14(18-12)10-15-8-11-4-6-13(17-2)7-5-11/h4-7,9,15H,3,8,10H2,1-2H3. The maximum Gasteiger partial charge on any atom is 0.107 e. The zero-order chi connectivity index (χ0) is 12.8. The number of rotatable bonds is 6. The summed E-state index contributed by atoms with van der Waals surface area (Å²) in [5, 5.41) is 4.61. The summed E-state index contributed by atoms with van der Waals surface area (Å²) in [5.41, 5.74) is 1.32. The average Bonchev–Trinajstić information content (AvgIpc) is 2.87. The Kier molecular flexibility index (Phi) is 5.23. The van der Waals surface area contributed by atoms with Crippen LogP contribution in [0.1, 0.15) is 22.4 Å². The highest BCUT2D eigenvalue weighted by molar-refractivity contribution is 7.98. The summed E-state index contributed by atoms with van der Waals surface area (Å²) in [6.45, 7) is 3.92. The maximum atomic E-state index is 4.40. The van der Waals surface area contributed by atoms with Crippen molar-refractivity contribution in [3.63, 3.8) is 0 Å². The van der Waals surface area contributed by atoms with Crippen LogP contribution in [-0.2, 0) is 19.5 Å². The summed E-state index contributed by atoms with van der Waals surface area (Å²) in [6, 6.07) is 8.69. The lowest BCUT2D eigenvalue weighted by atomic mass is 10.2. The highest BCUT2D eigenvalue weighted by Crippen LogP contribution is 2.15. The number of benzene rings is 1. The van der Waals surface area contributed by atoms with Crippen LogP contribution >= 0.6 is 23.1 Å². The van der Waals surface area contributed by atoms with Gasteiger partial charge in [0.2, 0.25) is 0 Å². The summed E-state index contributed by atoms with van der Waals surface area (Å²) in [6.07, 6.45) is 5.16. The number of thioether (sulfide) groups is 1. The zero-order valence-electron chi connectivity index (χ0n) is 10.8. The molecule has 18 heavy (non-hydrogen) atoms. The van der Waals surface area contributed by atoms with Gasteiger partial charge in [0.25, 0.3) is 0 Å². The number of nitrogens with one attached hydrogen (secondary N) is 1. The van der Waals surface area contributed by atoms with E-state index < -0.39 is 0 Å². The lowest BCUT2D eigenvalue weighted by Crippen LogP contribution is -2.12. The van der Waals surface area contributed by atoms with Gasteiger partial charge < -0.3 is 5.32 Å². The Hall–Kier alpha value is -0.840. The topological polar surface area (TPSA) is 24.9 Å². The molecule has 4 heteroatoms. The Morgan fingerprint density at radius 2 is 2.00 bits per heavy atom. The molecule has 2 rings (SSSR count). The third-order valence-electron chi connectivity index (χ3n) is 2.71. The minimum absolute atomic E-state index is 0.856. The highest BCUT2D eigenvalue weighted by Gasteiger charge is 2.00. The predicted molar refractivity (Wildman–Crippen MR) is 80.3 cm³/mol. The first-order chi connectivity index (χ1) is 8.81. The second-order valence-corrected chi connectivity index (χ2v) is 6.10. The van der Waals surface area contributed by atoms with E-state index in [2.05, 4.69) is 47.7 Å². The smallest absolute Gasteiger partial charge is 0.107 e. The third kappa shape index (κ3) is 3.83. The zero-order valence-corrected chi connectivity index (χ0v) is 12.4. The van der Waals surface area contributed by atoms with Crippen molar-refractivity contribution in [2.24, 2.45) is 0 Å². The second kappa shape index (κ2) is 6.92. The van der Waals surface area contributed by atoms with Gasteiger partial charge in [-0.3, -0.25) is 0 Å². The van der Waals surface area contributed by atoms with Crippen molar-refractivity contribution in [3.8, 4) is 0 Å². The highest BCUT2D eigenvalue weighted by atomic mass is 32.2. The number of aryl methyl sites for hydroxylation is 1. The van der Waals surface area contributed by atoms with E-state index in [-0.39, 0.29) is 0 Å². The molecule has 0 spiro atoms. The summed E-state index contributed by atoms with van der Waals surface area (Å²) in [7, 11) is 0. The van der Waals surface area contributed by atoms with Gasteiger partial charge in [0.1, 0.15) is 5.01 Å². The molecule has 1 aromatic heterocycles. The fourth-order valence-electron chi connectivity index (χ4n) is 1.65. The van der Waals surface area contributed by atoms with Crippen molar-refractivity contribution >= 4 is 23.1 Å². The number of hydrogen-bond acceptors (Lipinski definition) is 4. The molecule has 0 radical (unpaired) electrons. The van der Waals surface area contributed by atoms with Crippen molar-refractivity contribution in [2.45, 2.75) is 31.3 Å². The molecule has 0 aliphatic heterocycles. The van der Waals surface area contributed by atoms with Crippen LogP contribution in [0.2, 0.25) is 0 Å². The molecule has 0 fully saturated rings. The fourth-order valence-corrected chi connectivity index (χ4v) is 2.89. The summed E-state index contributed by atoms with van der Waals surface area (Å²) >= 11 is 3.57. The Morgan fingerprint density at radius 3 is 2.61 bits per heavy atom. The van der Waals surface area contributed by atoms with Crippen molar-refractivity contribution in [1.29, 1.82) is 0 Å². The predicted octanol–water partition coefficient (Wildman–Crippen LogP) is 3.72. The van der Waals surface area contributed by atoms with E-state index in [4.69, 9.17) is 0 Å². The molecule has 0 unspecified atom stereocenters. The van der Waals surface area contributed by atoms with E-state index in [0.29, 0.717) is 0 Å². The summed E-state index contributed by atoms with van der Waals surface area (Å²) in [5.74, 6) is 0. The van der Waals surface area contributed by atoms with Gasteiger partial charge in [-0.2, -0.15) is 0 Å². The molecule has 1 aromatic carbocycles. The van der Waals surface area contributed by atoms with Crippen LogP contribution in [-0.4, -0.2) is 11.2 Å². The minimum atomic E-state index is 0.856. The molecule has 0 amide bonds. The van der Waals surface area contributed by atoms with Gasteiger partial charge in [-0.15, -0.1) is 23.1 Å². The Morgan fingerprint density at radius 1 is 1.22 bits per heavy atom. The quantitative estimate of drug-likeness (QED) is 0.815. The molecule has 2 nitrogen and oxygen atoms in total. The first-order valence-corrected chi connectivity index (χ1v) is 8.13. The first kappa shape index (κ1) is 13.6. The molecule has 2 aromatic rings. The molecule has 0 aliphatic rings. The minimum Gasteiger partial charge on any atom is -0.306 e. The summed E-state index contributed by atoms with van der Waals surface area (Å²) in [4.78, 5) is 7.07. The van der Waals surface area contributed by atoms with E-state index >= 15 is 0 Å². The second-order valence-electron chi connectivity index (χ2n) is 4.03. The van der Waals surface area contributed by atoms with Gasteiger partial charge in [-0.1, -0.05) is 19.1 Å². The normalized spacial score (nSPS) is 10.8. The Bertz CT molecular complexity index is 477.